The number of furan rings is 1. The van der Waals surface area contributed by atoms with Gasteiger partial charge in [0.2, 0.25) is 0 Å². The smallest absolute Gasteiger partial charge is 0.330 e. The van der Waals surface area contributed by atoms with Crippen LogP contribution in [-0.4, -0.2) is 29.3 Å². The summed E-state index contributed by atoms with van der Waals surface area (Å²) < 4.78 is 14.2. The summed E-state index contributed by atoms with van der Waals surface area (Å²) >= 11 is 1.31. The molecule has 11 heteroatoms. The van der Waals surface area contributed by atoms with E-state index in [0.717, 1.165) is 18.4 Å². The molecule has 0 fully saturated rings. The van der Waals surface area contributed by atoms with Crippen molar-refractivity contribution in [2.24, 2.45) is 7.05 Å². The Bertz CT molecular complexity index is 1280. The summed E-state index contributed by atoms with van der Waals surface area (Å²) in [4.78, 5) is 31.5. The van der Waals surface area contributed by atoms with Gasteiger partial charge in [-0.25, -0.2) is 9.78 Å². The number of unbranched alkanes of at least 4 members (excludes halogenated alkanes) is 1. The number of hydrogen-bond donors (Lipinski definition) is 1. The van der Waals surface area contributed by atoms with Gasteiger partial charge in [0.05, 0.1) is 17.6 Å². The van der Waals surface area contributed by atoms with E-state index in [-0.39, 0.29) is 0 Å². The first-order valence-corrected chi connectivity index (χ1v) is 10.2. The molecule has 0 aliphatic heterocycles. The first-order valence-electron chi connectivity index (χ1n) is 9.18. The van der Waals surface area contributed by atoms with Gasteiger partial charge in [-0.2, -0.15) is 0 Å². The SMILES string of the molecule is CCCCn1c(=O)[nH]c(=O)c2c1nc(CSc1nnc(-c3ccoc3C)o1)n2C. The van der Waals surface area contributed by atoms with Gasteiger partial charge in [0.1, 0.15) is 11.6 Å². The number of imidazole rings is 1. The fourth-order valence-corrected chi connectivity index (χ4v) is 3.80. The number of nitrogens with one attached hydrogen (secondary N) is 1. The summed E-state index contributed by atoms with van der Waals surface area (Å²) in [7, 11) is 1.75. The Balaban J connectivity index is 1.62. The fraction of sp³-hybridized carbons (Fsp3) is 0.389. The third kappa shape index (κ3) is 3.53. The number of thioether (sulfide) groups is 1. The molecule has 4 rings (SSSR count). The number of nitrogens with zero attached hydrogens (tertiary/aromatic N) is 5. The van der Waals surface area contributed by atoms with Gasteiger partial charge in [-0.05, 0) is 19.4 Å². The zero-order valence-corrected chi connectivity index (χ0v) is 17.1. The average Bonchev–Trinajstić information content (AvgIpc) is 3.39. The zero-order chi connectivity index (χ0) is 20.5. The van der Waals surface area contributed by atoms with Gasteiger partial charge in [-0.3, -0.25) is 14.3 Å². The molecule has 4 aromatic heterocycles. The minimum absolute atomic E-state index is 0.372. The van der Waals surface area contributed by atoms with E-state index in [1.54, 1.807) is 23.9 Å². The van der Waals surface area contributed by atoms with Crippen molar-refractivity contribution in [2.45, 2.75) is 44.2 Å². The molecule has 4 heterocycles. The predicted octanol–water partition coefficient (Wildman–Crippen LogP) is 2.47. The fourth-order valence-electron chi connectivity index (χ4n) is 3.05. The lowest BCUT2D eigenvalue weighted by atomic mass is 10.3. The van der Waals surface area contributed by atoms with Crippen molar-refractivity contribution in [2.75, 3.05) is 0 Å². The Hall–Kier alpha value is -3.08. The second-order valence-electron chi connectivity index (χ2n) is 6.58. The number of aromatic amines is 1. The second-order valence-corrected chi connectivity index (χ2v) is 7.50. The molecule has 0 atom stereocenters. The van der Waals surface area contributed by atoms with E-state index < -0.39 is 11.2 Å². The minimum atomic E-state index is -0.445. The summed E-state index contributed by atoms with van der Waals surface area (Å²) in [6, 6.07) is 1.77. The van der Waals surface area contributed by atoms with Gasteiger partial charge in [-0.15, -0.1) is 10.2 Å². The summed E-state index contributed by atoms with van der Waals surface area (Å²) in [5, 5.41) is 8.47. The van der Waals surface area contributed by atoms with Crippen LogP contribution in [0.15, 0.2) is 36.0 Å². The molecule has 0 saturated carbocycles. The summed E-state index contributed by atoms with van der Waals surface area (Å²) in [6.45, 7) is 4.36. The van der Waals surface area contributed by atoms with E-state index in [0.29, 0.717) is 46.2 Å². The third-order valence-electron chi connectivity index (χ3n) is 4.66. The van der Waals surface area contributed by atoms with Crippen LogP contribution in [0.3, 0.4) is 0 Å². The number of aromatic nitrogens is 6. The van der Waals surface area contributed by atoms with Crippen molar-refractivity contribution in [3.05, 3.63) is 44.8 Å². The Morgan fingerprint density at radius 1 is 1.28 bits per heavy atom. The topological polar surface area (TPSA) is 125 Å². The molecule has 0 amide bonds. The van der Waals surface area contributed by atoms with E-state index in [4.69, 9.17) is 8.83 Å². The van der Waals surface area contributed by atoms with Gasteiger partial charge in [0, 0.05) is 13.6 Å². The van der Waals surface area contributed by atoms with Crippen molar-refractivity contribution in [3.8, 4) is 11.5 Å². The normalized spacial score (nSPS) is 11.6. The lowest BCUT2D eigenvalue weighted by Gasteiger charge is -2.04. The van der Waals surface area contributed by atoms with Crippen LogP contribution in [0.25, 0.3) is 22.6 Å². The van der Waals surface area contributed by atoms with Crippen LogP contribution in [0.1, 0.15) is 31.4 Å². The Kier molecular flexibility index (Phi) is 5.14. The summed E-state index contributed by atoms with van der Waals surface area (Å²) in [5.74, 6) is 2.11. The molecule has 1 N–H and O–H groups in total. The lowest BCUT2D eigenvalue weighted by Crippen LogP contribution is -2.31. The van der Waals surface area contributed by atoms with Crippen LogP contribution in [0.2, 0.25) is 0 Å². The first kappa shape index (κ1) is 19.2. The van der Waals surface area contributed by atoms with E-state index >= 15 is 0 Å². The third-order valence-corrected chi connectivity index (χ3v) is 5.48. The molecule has 152 valence electrons. The van der Waals surface area contributed by atoms with Gasteiger partial charge < -0.3 is 13.4 Å². The molecule has 0 aromatic carbocycles. The highest BCUT2D eigenvalue weighted by Crippen LogP contribution is 2.28. The van der Waals surface area contributed by atoms with Gasteiger partial charge in [0.25, 0.3) is 16.7 Å². The van der Waals surface area contributed by atoms with Crippen LogP contribution in [0, 0.1) is 6.92 Å². The first-order chi connectivity index (χ1) is 14.0. The van der Waals surface area contributed by atoms with Crippen molar-refractivity contribution in [1.82, 2.24) is 29.3 Å². The highest BCUT2D eigenvalue weighted by atomic mass is 32.2. The van der Waals surface area contributed by atoms with Gasteiger partial charge in [0.15, 0.2) is 11.2 Å². The monoisotopic (exact) mass is 416 g/mol. The van der Waals surface area contributed by atoms with Gasteiger partial charge >= 0.3 is 5.69 Å². The summed E-state index contributed by atoms with van der Waals surface area (Å²) in [5.41, 5.74) is 0.630. The molecule has 0 saturated heterocycles. The quantitative estimate of drug-likeness (QED) is 0.456. The molecule has 0 bridgehead atoms. The van der Waals surface area contributed by atoms with E-state index in [1.807, 2.05) is 13.8 Å². The highest BCUT2D eigenvalue weighted by molar-refractivity contribution is 7.98. The molecule has 0 aliphatic carbocycles. The Morgan fingerprint density at radius 2 is 2.10 bits per heavy atom. The molecule has 0 radical (unpaired) electrons. The van der Waals surface area contributed by atoms with E-state index in [1.165, 1.54) is 16.3 Å². The molecule has 0 spiro atoms. The largest absolute Gasteiger partial charge is 0.469 e. The van der Waals surface area contributed by atoms with Crippen LogP contribution in [0.4, 0.5) is 0 Å². The maximum atomic E-state index is 12.3. The number of hydrogen-bond acceptors (Lipinski definition) is 8. The van der Waals surface area contributed by atoms with Gasteiger partial charge in [-0.1, -0.05) is 25.1 Å². The molecular weight excluding hydrogens is 396 g/mol. The minimum Gasteiger partial charge on any atom is -0.469 e. The van der Waals surface area contributed by atoms with Crippen LogP contribution in [-0.2, 0) is 19.3 Å². The number of rotatable bonds is 7. The van der Waals surface area contributed by atoms with Crippen molar-refractivity contribution in [3.63, 3.8) is 0 Å². The average molecular weight is 416 g/mol. The standard InChI is InChI=1S/C18H20N6O4S/c1-4-5-7-24-14-13(15(25)20-17(24)26)23(3)12(19-14)9-29-18-22-21-16(28-18)11-6-8-27-10(11)2/h6,8H,4-5,7,9H2,1-3H3,(H,20,25,26). The highest BCUT2D eigenvalue weighted by Gasteiger charge is 2.18. The lowest BCUT2D eigenvalue weighted by molar-refractivity contribution is 0.463. The maximum Gasteiger partial charge on any atom is 0.330 e. The molecule has 0 unspecified atom stereocenters. The number of aryl methyl sites for hydroxylation is 3. The van der Waals surface area contributed by atoms with Crippen molar-refractivity contribution in [1.29, 1.82) is 0 Å². The van der Waals surface area contributed by atoms with Crippen LogP contribution < -0.4 is 11.2 Å². The molecule has 29 heavy (non-hydrogen) atoms. The van der Waals surface area contributed by atoms with Crippen LogP contribution in [0.5, 0.6) is 0 Å². The van der Waals surface area contributed by atoms with E-state index in [2.05, 4.69) is 20.2 Å². The molecular formula is C18H20N6O4S. The Morgan fingerprint density at radius 3 is 2.83 bits per heavy atom. The molecule has 4 aromatic rings. The van der Waals surface area contributed by atoms with Crippen molar-refractivity contribution < 1.29 is 8.83 Å². The maximum absolute atomic E-state index is 12.3. The molecule has 10 nitrogen and oxygen atoms in total. The van der Waals surface area contributed by atoms with Crippen LogP contribution >= 0.6 is 11.8 Å². The van der Waals surface area contributed by atoms with Crippen molar-refractivity contribution >= 4 is 22.9 Å². The molecule has 0 aliphatic rings. The number of H-pyrrole nitrogens is 1. The number of fused-ring (bicyclic) bond motifs is 1. The van der Waals surface area contributed by atoms with E-state index in [9.17, 15) is 9.59 Å². The second kappa shape index (κ2) is 7.74. The zero-order valence-electron chi connectivity index (χ0n) is 16.3. The summed E-state index contributed by atoms with van der Waals surface area (Å²) in [6.07, 6.45) is 3.31. The Labute approximate surface area is 169 Å². The predicted molar refractivity (Wildman–Crippen MR) is 107 cm³/mol.